The first kappa shape index (κ1) is 16.7. The second-order valence-electron chi connectivity index (χ2n) is 5.79. The molecule has 3 heteroatoms. The second kappa shape index (κ2) is 8.11. The van der Waals surface area contributed by atoms with Gasteiger partial charge < -0.3 is 17.3 Å². The highest BCUT2D eigenvalue weighted by Gasteiger charge is 2.32. The largest absolute Gasteiger partial charge is 1.00 e. The SMILES string of the molecule is O=C(c1ccccc1)C(c1ccccc1)[NH+]1CCCCC1.[Cl-]. The number of hydrogen-bond acceptors (Lipinski definition) is 1. The van der Waals surface area contributed by atoms with Crippen LogP contribution in [0.1, 0.15) is 41.2 Å². The summed E-state index contributed by atoms with van der Waals surface area (Å²) in [5, 5.41) is 0. The Morgan fingerprint density at radius 1 is 0.818 bits per heavy atom. The molecule has 0 spiro atoms. The van der Waals surface area contributed by atoms with Gasteiger partial charge in [0.1, 0.15) is 0 Å². The molecule has 0 amide bonds. The van der Waals surface area contributed by atoms with Gasteiger partial charge in [0.15, 0.2) is 6.04 Å². The molecule has 0 aromatic heterocycles. The molecule has 2 aromatic carbocycles. The van der Waals surface area contributed by atoms with Crippen molar-refractivity contribution in [2.45, 2.75) is 25.3 Å². The molecule has 1 fully saturated rings. The normalized spacial score (nSPS) is 16.5. The number of carbonyl (C=O) groups is 1. The van der Waals surface area contributed by atoms with Crippen LogP contribution in [0.3, 0.4) is 0 Å². The molecule has 0 saturated carbocycles. The van der Waals surface area contributed by atoms with E-state index in [2.05, 4.69) is 12.1 Å². The molecular formula is C19H22ClNO. The van der Waals surface area contributed by atoms with E-state index in [0.29, 0.717) is 0 Å². The molecule has 1 aliphatic rings. The molecule has 1 atom stereocenters. The molecule has 1 saturated heterocycles. The summed E-state index contributed by atoms with van der Waals surface area (Å²) in [6.07, 6.45) is 3.74. The van der Waals surface area contributed by atoms with Gasteiger partial charge in [0.05, 0.1) is 13.1 Å². The number of hydrogen-bond donors (Lipinski definition) is 1. The molecule has 2 aromatic rings. The van der Waals surface area contributed by atoms with Gasteiger partial charge in [-0.05, 0) is 19.3 Å². The number of nitrogens with one attached hydrogen (secondary N) is 1. The van der Waals surface area contributed by atoms with Crippen LogP contribution in [0, 0.1) is 0 Å². The van der Waals surface area contributed by atoms with Gasteiger partial charge in [0.2, 0.25) is 5.78 Å². The summed E-state index contributed by atoms with van der Waals surface area (Å²) < 4.78 is 0. The maximum absolute atomic E-state index is 13.0. The van der Waals surface area contributed by atoms with Crippen molar-refractivity contribution >= 4 is 5.78 Å². The lowest BCUT2D eigenvalue weighted by atomic mass is 9.94. The van der Waals surface area contributed by atoms with E-state index in [1.165, 1.54) is 24.2 Å². The number of benzene rings is 2. The lowest BCUT2D eigenvalue weighted by Crippen LogP contribution is -3.13. The summed E-state index contributed by atoms with van der Waals surface area (Å²) in [7, 11) is 0. The fourth-order valence-electron chi connectivity index (χ4n) is 3.28. The molecule has 0 aliphatic carbocycles. The fraction of sp³-hybridized carbons (Fsp3) is 0.316. The Labute approximate surface area is 138 Å². The van der Waals surface area contributed by atoms with Crippen molar-refractivity contribution in [2.24, 2.45) is 0 Å². The minimum atomic E-state index is -0.0612. The van der Waals surface area contributed by atoms with Gasteiger partial charge in [0, 0.05) is 11.1 Å². The first-order valence-corrected chi connectivity index (χ1v) is 7.85. The van der Waals surface area contributed by atoms with Crippen LogP contribution in [0.25, 0.3) is 0 Å². The predicted octanol–water partition coefficient (Wildman–Crippen LogP) is -0.317. The van der Waals surface area contributed by atoms with Crippen molar-refractivity contribution in [3.63, 3.8) is 0 Å². The van der Waals surface area contributed by atoms with Gasteiger partial charge in [-0.15, -0.1) is 0 Å². The molecule has 0 bridgehead atoms. The Balaban J connectivity index is 0.00000176. The molecule has 1 heterocycles. The standard InChI is InChI=1S/C19H21NO.ClH/c21-19(17-12-6-2-7-13-17)18(16-10-4-1-5-11-16)20-14-8-3-9-15-20;/h1-2,4-7,10-13,18H,3,8-9,14-15H2;1H. The van der Waals surface area contributed by atoms with Crippen LogP contribution in [0.15, 0.2) is 60.7 Å². The van der Waals surface area contributed by atoms with Crippen LogP contribution in [-0.2, 0) is 0 Å². The molecule has 1 N–H and O–H groups in total. The quantitative estimate of drug-likeness (QED) is 0.768. The van der Waals surface area contributed by atoms with E-state index in [9.17, 15) is 4.79 Å². The maximum atomic E-state index is 13.0. The summed E-state index contributed by atoms with van der Waals surface area (Å²) in [5.41, 5.74) is 1.97. The predicted molar refractivity (Wildman–Crippen MR) is 84.5 cm³/mol. The highest BCUT2D eigenvalue weighted by Crippen LogP contribution is 2.17. The number of likely N-dealkylation sites (tertiary alicyclic amines) is 1. The summed E-state index contributed by atoms with van der Waals surface area (Å²) in [4.78, 5) is 14.4. The van der Waals surface area contributed by atoms with E-state index >= 15 is 0 Å². The first-order valence-electron chi connectivity index (χ1n) is 7.85. The highest BCUT2D eigenvalue weighted by atomic mass is 35.5. The average Bonchev–Trinajstić information content (AvgIpc) is 2.58. The van der Waals surface area contributed by atoms with E-state index < -0.39 is 0 Å². The molecule has 1 aliphatic heterocycles. The third kappa shape index (κ3) is 3.76. The number of rotatable bonds is 4. The highest BCUT2D eigenvalue weighted by molar-refractivity contribution is 5.99. The monoisotopic (exact) mass is 315 g/mol. The fourth-order valence-corrected chi connectivity index (χ4v) is 3.28. The van der Waals surface area contributed by atoms with Crippen molar-refractivity contribution in [1.82, 2.24) is 0 Å². The van der Waals surface area contributed by atoms with E-state index in [1.807, 2.05) is 48.5 Å². The Hall–Kier alpha value is -1.64. The van der Waals surface area contributed by atoms with Gasteiger partial charge in [-0.2, -0.15) is 0 Å². The average molecular weight is 316 g/mol. The van der Waals surface area contributed by atoms with Crippen molar-refractivity contribution in [3.05, 3.63) is 71.8 Å². The van der Waals surface area contributed by atoms with Gasteiger partial charge in [-0.3, -0.25) is 4.79 Å². The lowest BCUT2D eigenvalue weighted by Gasteiger charge is -2.31. The first-order chi connectivity index (χ1) is 10.4. The van der Waals surface area contributed by atoms with E-state index in [0.717, 1.165) is 24.2 Å². The third-order valence-electron chi connectivity index (χ3n) is 4.36. The third-order valence-corrected chi connectivity index (χ3v) is 4.36. The Bertz CT molecular complexity index is 579. The Morgan fingerprint density at radius 2 is 1.36 bits per heavy atom. The smallest absolute Gasteiger partial charge is 0.224 e. The van der Waals surface area contributed by atoms with Crippen molar-refractivity contribution in [2.75, 3.05) is 13.1 Å². The van der Waals surface area contributed by atoms with Crippen LogP contribution in [0.4, 0.5) is 0 Å². The number of quaternary nitrogens is 1. The topological polar surface area (TPSA) is 21.5 Å². The molecule has 116 valence electrons. The number of Topliss-reactive ketones (excluding diaryl/α,β-unsaturated/α-hetero) is 1. The molecular weight excluding hydrogens is 294 g/mol. The minimum Gasteiger partial charge on any atom is -1.00 e. The zero-order valence-corrected chi connectivity index (χ0v) is 13.4. The molecule has 1 unspecified atom stereocenters. The van der Waals surface area contributed by atoms with Gasteiger partial charge in [0.25, 0.3) is 0 Å². The second-order valence-corrected chi connectivity index (χ2v) is 5.79. The van der Waals surface area contributed by atoms with Crippen molar-refractivity contribution in [1.29, 1.82) is 0 Å². The zero-order valence-electron chi connectivity index (χ0n) is 12.7. The number of carbonyl (C=O) groups excluding carboxylic acids is 1. The van der Waals surface area contributed by atoms with Crippen LogP contribution in [0.2, 0.25) is 0 Å². The van der Waals surface area contributed by atoms with E-state index in [4.69, 9.17) is 0 Å². The Morgan fingerprint density at radius 3 is 1.95 bits per heavy atom. The maximum Gasteiger partial charge on any atom is 0.224 e. The van der Waals surface area contributed by atoms with Gasteiger partial charge >= 0.3 is 0 Å². The summed E-state index contributed by atoms with van der Waals surface area (Å²) in [6, 6.07) is 19.9. The molecule has 0 radical (unpaired) electrons. The zero-order chi connectivity index (χ0) is 14.5. The number of piperidine rings is 1. The van der Waals surface area contributed by atoms with Crippen LogP contribution >= 0.6 is 0 Å². The van der Waals surface area contributed by atoms with E-state index in [1.54, 1.807) is 0 Å². The van der Waals surface area contributed by atoms with Crippen molar-refractivity contribution < 1.29 is 22.1 Å². The van der Waals surface area contributed by atoms with E-state index in [-0.39, 0.29) is 24.2 Å². The minimum absolute atomic E-state index is 0. The summed E-state index contributed by atoms with van der Waals surface area (Å²) in [5.74, 6) is 0.249. The van der Waals surface area contributed by atoms with Crippen LogP contribution in [0.5, 0.6) is 0 Å². The van der Waals surface area contributed by atoms with Crippen molar-refractivity contribution in [3.8, 4) is 0 Å². The molecule has 3 rings (SSSR count). The van der Waals surface area contributed by atoms with Crippen LogP contribution in [-0.4, -0.2) is 18.9 Å². The summed E-state index contributed by atoms with van der Waals surface area (Å²) in [6.45, 7) is 2.19. The molecule has 2 nitrogen and oxygen atoms in total. The lowest BCUT2D eigenvalue weighted by molar-refractivity contribution is -0.926. The van der Waals surface area contributed by atoms with Crippen LogP contribution < -0.4 is 17.3 Å². The number of halogens is 1. The molecule has 22 heavy (non-hydrogen) atoms. The number of ketones is 1. The summed E-state index contributed by atoms with van der Waals surface area (Å²) >= 11 is 0. The van der Waals surface area contributed by atoms with Gasteiger partial charge in [-0.25, -0.2) is 0 Å². The Kier molecular flexibility index (Phi) is 6.17. The van der Waals surface area contributed by atoms with Gasteiger partial charge in [-0.1, -0.05) is 60.7 Å².